The number of nitrogens with zero attached hydrogens (tertiary/aromatic N) is 3. The van der Waals surface area contributed by atoms with Gasteiger partial charge in [0.1, 0.15) is 11.2 Å². The minimum absolute atomic E-state index is 0.110. The number of carboxylic acid groups (broad SMARTS) is 1. The highest BCUT2D eigenvalue weighted by Gasteiger charge is 2.49. The first kappa shape index (κ1) is 17.3. The average molecular weight is 345 g/mol. The van der Waals surface area contributed by atoms with Crippen LogP contribution in [0.4, 0.5) is 10.2 Å². The Bertz CT molecular complexity index is 751. The molecule has 2 heterocycles. The van der Waals surface area contributed by atoms with E-state index in [1.165, 1.54) is 12.1 Å². The topological polar surface area (TPSA) is 86.5 Å². The number of aliphatic hydroxyl groups excluding tert-OH is 1. The molecule has 1 aromatic heterocycles. The maximum absolute atomic E-state index is 13.1. The van der Waals surface area contributed by atoms with Crippen LogP contribution in [0.5, 0.6) is 0 Å². The number of halogens is 1. The van der Waals surface area contributed by atoms with Crippen LogP contribution in [-0.2, 0) is 11.2 Å². The lowest BCUT2D eigenvalue weighted by atomic mass is 9.73. The van der Waals surface area contributed by atoms with Gasteiger partial charge in [-0.1, -0.05) is 12.1 Å². The predicted molar refractivity (Wildman–Crippen MR) is 89.8 cm³/mol. The summed E-state index contributed by atoms with van der Waals surface area (Å²) in [7, 11) is 0. The molecule has 0 aliphatic carbocycles. The smallest absolute Gasteiger partial charge is 0.314 e. The van der Waals surface area contributed by atoms with Crippen molar-refractivity contribution in [1.29, 1.82) is 0 Å². The molecule has 3 rings (SSSR count). The molecule has 1 saturated heterocycles. The molecule has 1 aliphatic heterocycles. The number of rotatable bonds is 4. The van der Waals surface area contributed by atoms with Gasteiger partial charge in [-0.25, -0.2) is 4.39 Å². The van der Waals surface area contributed by atoms with Gasteiger partial charge in [0, 0.05) is 13.1 Å². The van der Waals surface area contributed by atoms with E-state index in [4.69, 9.17) is 0 Å². The molecule has 7 heteroatoms. The van der Waals surface area contributed by atoms with Crippen LogP contribution < -0.4 is 4.90 Å². The Balaban J connectivity index is 1.90. The number of anilines is 1. The number of aliphatic hydroxyl groups is 1. The predicted octanol–water partition coefficient (Wildman–Crippen LogP) is 1.81. The van der Waals surface area contributed by atoms with Crippen molar-refractivity contribution >= 4 is 11.8 Å². The Morgan fingerprint density at radius 2 is 2.00 bits per heavy atom. The third-order valence-electron chi connectivity index (χ3n) is 4.75. The Morgan fingerprint density at radius 3 is 2.60 bits per heavy atom. The van der Waals surface area contributed by atoms with Gasteiger partial charge >= 0.3 is 5.97 Å². The fourth-order valence-corrected chi connectivity index (χ4v) is 3.26. The summed E-state index contributed by atoms with van der Waals surface area (Å²) < 4.78 is 13.1. The van der Waals surface area contributed by atoms with E-state index in [1.54, 1.807) is 18.2 Å². The van der Waals surface area contributed by atoms with Gasteiger partial charge in [-0.2, -0.15) is 5.10 Å². The van der Waals surface area contributed by atoms with E-state index in [1.807, 2.05) is 17.9 Å². The number of aliphatic carboxylic acids is 1. The number of hydrogen-bond donors (Lipinski definition) is 2. The molecular weight excluding hydrogens is 325 g/mol. The Kier molecular flexibility index (Phi) is 4.67. The van der Waals surface area contributed by atoms with E-state index >= 15 is 0 Å². The van der Waals surface area contributed by atoms with Gasteiger partial charge in [-0.15, -0.1) is 5.10 Å². The van der Waals surface area contributed by atoms with Crippen molar-refractivity contribution in [2.24, 2.45) is 5.41 Å². The SMILES string of the molecule is Cc1ccc(N2CC[C@H](O)[C@](Cc3ccc(F)cc3)(C(=O)O)C2)nn1. The summed E-state index contributed by atoms with van der Waals surface area (Å²) in [4.78, 5) is 13.9. The van der Waals surface area contributed by atoms with E-state index in [-0.39, 0.29) is 18.8 Å². The maximum atomic E-state index is 13.1. The monoisotopic (exact) mass is 345 g/mol. The number of aryl methyl sites for hydroxylation is 1. The molecule has 0 saturated carbocycles. The molecule has 0 spiro atoms. The van der Waals surface area contributed by atoms with E-state index in [0.29, 0.717) is 24.3 Å². The first-order chi connectivity index (χ1) is 11.9. The Labute approximate surface area is 144 Å². The van der Waals surface area contributed by atoms with Gasteiger partial charge in [-0.3, -0.25) is 4.79 Å². The Morgan fingerprint density at radius 1 is 1.28 bits per heavy atom. The average Bonchev–Trinajstić information content (AvgIpc) is 2.59. The largest absolute Gasteiger partial charge is 0.481 e. The zero-order valence-electron chi connectivity index (χ0n) is 13.9. The summed E-state index contributed by atoms with van der Waals surface area (Å²) in [5.41, 5.74) is 0.0547. The van der Waals surface area contributed by atoms with Gasteiger partial charge in [0.25, 0.3) is 0 Å². The van der Waals surface area contributed by atoms with Crippen molar-refractivity contribution in [3.05, 3.63) is 53.5 Å². The molecular formula is C18H20FN3O3. The van der Waals surface area contributed by atoms with Crippen molar-refractivity contribution in [2.75, 3.05) is 18.0 Å². The number of benzene rings is 1. The molecule has 2 aromatic rings. The molecule has 0 radical (unpaired) electrons. The summed E-state index contributed by atoms with van der Waals surface area (Å²) >= 11 is 0. The molecule has 2 atom stereocenters. The zero-order chi connectivity index (χ0) is 18.0. The van der Waals surface area contributed by atoms with Gasteiger partial charge in [0.2, 0.25) is 0 Å². The van der Waals surface area contributed by atoms with Crippen LogP contribution in [0.25, 0.3) is 0 Å². The van der Waals surface area contributed by atoms with Crippen molar-refractivity contribution in [3.63, 3.8) is 0 Å². The minimum Gasteiger partial charge on any atom is -0.481 e. The van der Waals surface area contributed by atoms with Crippen LogP contribution in [0.3, 0.4) is 0 Å². The van der Waals surface area contributed by atoms with Crippen molar-refractivity contribution < 1.29 is 19.4 Å². The second kappa shape index (κ2) is 6.76. The van der Waals surface area contributed by atoms with Crippen LogP contribution in [0.1, 0.15) is 17.7 Å². The van der Waals surface area contributed by atoms with Gasteiger partial charge in [0.05, 0.1) is 11.8 Å². The number of aromatic nitrogens is 2. The quantitative estimate of drug-likeness (QED) is 0.879. The van der Waals surface area contributed by atoms with E-state index < -0.39 is 17.5 Å². The lowest BCUT2D eigenvalue weighted by molar-refractivity contribution is -0.157. The number of piperidine rings is 1. The highest BCUT2D eigenvalue weighted by molar-refractivity contribution is 5.77. The molecule has 1 aromatic carbocycles. The summed E-state index contributed by atoms with van der Waals surface area (Å²) in [6, 6.07) is 9.31. The molecule has 6 nitrogen and oxygen atoms in total. The number of carboxylic acids is 1. The van der Waals surface area contributed by atoms with Gasteiger partial charge < -0.3 is 15.1 Å². The fraction of sp³-hybridized carbons (Fsp3) is 0.389. The highest BCUT2D eigenvalue weighted by atomic mass is 19.1. The third-order valence-corrected chi connectivity index (χ3v) is 4.75. The zero-order valence-corrected chi connectivity index (χ0v) is 13.9. The third kappa shape index (κ3) is 3.46. The first-order valence-electron chi connectivity index (χ1n) is 8.12. The summed E-state index contributed by atoms with van der Waals surface area (Å²) in [6.07, 6.45) is -0.576. The summed E-state index contributed by atoms with van der Waals surface area (Å²) in [6.45, 7) is 2.43. The van der Waals surface area contributed by atoms with Crippen LogP contribution >= 0.6 is 0 Å². The van der Waals surface area contributed by atoms with E-state index in [2.05, 4.69) is 10.2 Å². The molecule has 0 bridgehead atoms. The molecule has 1 fully saturated rings. The number of hydrogen-bond acceptors (Lipinski definition) is 5. The van der Waals surface area contributed by atoms with Crippen LogP contribution in [0.2, 0.25) is 0 Å². The standard InChI is InChI=1S/C18H20FN3O3/c1-12-2-7-16(21-20-12)22-9-8-15(23)18(11-22,17(24)25)10-13-3-5-14(19)6-4-13/h2-7,15,23H,8-11H2,1H3,(H,24,25)/t15-,18+/m0/s1. The molecule has 0 unspecified atom stereocenters. The Hall–Kier alpha value is -2.54. The first-order valence-corrected chi connectivity index (χ1v) is 8.12. The van der Waals surface area contributed by atoms with Gasteiger partial charge in [0.15, 0.2) is 5.82 Å². The van der Waals surface area contributed by atoms with E-state index in [9.17, 15) is 19.4 Å². The normalized spacial score (nSPS) is 23.5. The summed E-state index contributed by atoms with van der Waals surface area (Å²) in [5, 5.41) is 28.5. The lowest BCUT2D eigenvalue weighted by Gasteiger charge is -2.43. The van der Waals surface area contributed by atoms with Crippen molar-refractivity contribution in [2.45, 2.75) is 25.9 Å². The number of carbonyl (C=O) groups is 1. The molecule has 0 amide bonds. The molecule has 2 N–H and O–H groups in total. The van der Waals surface area contributed by atoms with E-state index in [0.717, 1.165) is 5.69 Å². The fourth-order valence-electron chi connectivity index (χ4n) is 3.26. The minimum atomic E-state index is -1.39. The second-order valence-corrected chi connectivity index (χ2v) is 6.52. The van der Waals surface area contributed by atoms with Crippen LogP contribution in [0, 0.1) is 18.2 Å². The van der Waals surface area contributed by atoms with Gasteiger partial charge in [-0.05, 0) is 49.6 Å². The summed E-state index contributed by atoms with van der Waals surface area (Å²) in [5.74, 6) is -0.870. The lowest BCUT2D eigenvalue weighted by Crippen LogP contribution is -2.57. The highest BCUT2D eigenvalue weighted by Crippen LogP contribution is 2.36. The molecule has 132 valence electrons. The van der Waals surface area contributed by atoms with Crippen molar-refractivity contribution in [1.82, 2.24) is 10.2 Å². The maximum Gasteiger partial charge on any atom is 0.314 e. The van der Waals surface area contributed by atoms with Crippen molar-refractivity contribution in [3.8, 4) is 0 Å². The second-order valence-electron chi connectivity index (χ2n) is 6.52. The molecule has 25 heavy (non-hydrogen) atoms. The molecule has 1 aliphatic rings. The van der Waals surface area contributed by atoms with Crippen LogP contribution in [-0.4, -0.2) is 45.6 Å². The van der Waals surface area contributed by atoms with Crippen LogP contribution in [0.15, 0.2) is 36.4 Å².